The first-order valence-corrected chi connectivity index (χ1v) is 8.09. The summed E-state index contributed by atoms with van der Waals surface area (Å²) < 4.78 is 0. The smallest absolute Gasteiger partial charge is 0.193 e. The number of rotatable bonds is 5. The topological polar surface area (TPSA) is 73.9 Å². The van der Waals surface area contributed by atoms with Crippen molar-refractivity contribution in [2.75, 3.05) is 31.5 Å². The second kappa shape index (κ2) is 10.1. The number of anilines is 1. The highest BCUT2D eigenvalue weighted by Gasteiger charge is 2.15. The lowest BCUT2D eigenvalue weighted by molar-refractivity contribution is 0.0824. The molecule has 0 spiro atoms. The number of likely N-dealkylation sites (tertiary alicyclic amines) is 1. The van der Waals surface area contributed by atoms with E-state index in [0.717, 1.165) is 51.1 Å². The molecule has 6 heteroatoms. The highest BCUT2D eigenvalue weighted by Crippen LogP contribution is 2.14. The van der Waals surface area contributed by atoms with E-state index in [1.807, 2.05) is 6.07 Å². The van der Waals surface area contributed by atoms with E-state index in [9.17, 15) is 5.11 Å². The molecule has 1 saturated heterocycles. The van der Waals surface area contributed by atoms with Gasteiger partial charge in [-0.05, 0) is 62.9 Å². The second-order valence-electron chi connectivity index (χ2n) is 6.12. The fourth-order valence-corrected chi connectivity index (χ4v) is 2.64. The summed E-state index contributed by atoms with van der Waals surface area (Å²) >= 11 is 0. The average molecular weight is 432 g/mol. The van der Waals surface area contributed by atoms with Crippen molar-refractivity contribution in [3.63, 3.8) is 0 Å². The van der Waals surface area contributed by atoms with Gasteiger partial charge < -0.3 is 21.1 Å². The Kier molecular flexibility index (Phi) is 8.86. The van der Waals surface area contributed by atoms with Crippen LogP contribution in [-0.2, 0) is 0 Å². The minimum absolute atomic E-state index is 0. The van der Waals surface area contributed by atoms with Crippen LogP contribution >= 0.6 is 24.0 Å². The Labute approximate surface area is 156 Å². The normalized spacial score (nSPS) is 16.9. The predicted molar refractivity (Wildman–Crippen MR) is 108 cm³/mol. The molecule has 1 heterocycles. The Bertz CT molecular complexity index is 513. The van der Waals surface area contributed by atoms with Gasteiger partial charge in [0.15, 0.2) is 5.96 Å². The molecular weight excluding hydrogens is 403 g/mol. The predicted octanol–water partition coefficient (Wildman–Crippen LogP) is 2.49. The summed E-state index contributed by atoms with van der Waals surface area (Å²) in [6.45, 7) is 7.90. The van der Waals surface area contributed by atoms with Crippen LogP contribution in [-0.4, -0.2) is 48.2 Å². The van der Waals surface area contributed by atoms with E-state index in [4.69, 9.17) is 5.73 Å². The van der Waals surface area contributed by atoms with Crippen molar-refractivity contribution >= 4 is 35.6 Å². The van der Waals surface area contributed by atoms with E-state index in [-0.39, 0.29) is 30.1 Å². The van der Waals surface area contributed by atoms with Crippen LogP contribution in [0.2, 0.25) is 0 Å². The van der Waals surface area contributed by atoms with Gasteiger partial charge in [-0.25, -0.2) is 0 Å². The van der Waals surface area contributed by atoms with Gasteiger partial charge in [0.25, 0.3) is 0 Å². The van der Waals surface area contributed by atoms with E-state index in [2.05, 4.69) is 41.2 Å². The molecule has 4 N–H and O–H groups in total. The number of benzene rings is 1. The molecule has 0 aliphatic carbocycles. The molecule has 1 aromatic rings. The molecule has 23 heavy (non-hydrogen) atoms. The molecule has 1 aliphatic rings. The van der Waals surface area contributed by atoms with Crippen LogP contribution in [0.15, 0.2) is 23.2 Å². The zero-order chi connectivity index (χ0) is 15.9. The molecule has 1 fully saturated rings. The van der Waals surface area contributed by atoms with E-state index < -0.39 is 0 Å². The molecule has 0 radical (unpaired) electrons. The molecule has 5 nitrogen and oxygen atoms in total. The molecule has 0 aromatic heterocycles. The van der Waals surface area contributed by atoms with Gasteiger partial charge in [-0.15, -0.1) is 24.0 Å². The number of piperidine rings is 1. The van der Waals surface area contributed by atoms with Crippen molar-refractivity contribution in [3.05, 3.63) is 29.3 Å². The maximum Gasteiger partial charge on any atom is 0.193 e. The second-order valence-corrected chi connectivity index (χ2v) is 6.12. The summed E-state index contributed by atoms with van der Waals surface area (Å²) in [5.74, 6) is 0.470. The number of halogens is 1. The van der Waals surface area contributed by atoms with Gasteiger partial charge in [0, 0.05) is 25.3 Å². The van der Waals surface area contributed by atoms with Crippen molar-refractivity contribution < 1.29 is 5.11 Å². The van der Waals surface area contributed by atoms with Crippen LogP contribution in [0.25, 0.3) is 0 Å². The highest BCUT2D eigenvalue weighted by atomic mass is 127. The van der Waals surface area contributed by atoms with Crippen molar-refractivity contribution in [2.45, 2.75) is 39.2 Å². The average Bonchev–Trinajstić information content (AvgIpc) is 2.49. The Morgan fingerprint density at radius 3 is 2.65 bits per heavy atom. The molecule has 2 rings (SSSR count). The van der Waals surface area contributed by atoms with Crippen LogP contribution in [0, 0.1) is 13.8 Å². The van der Waals surface area contributed by atoms with Crippen molar-refractivity contribution in [1.29, 1.82) is 0 Å². The van der Waals surface area contributed by atoms with Gasteiger partial charge in [-0.3, -0.25) is 4.99 Å². The Hall–Kier alpha value is -0.860. The van der Waals surface area contributed by atoms with Gasteiger partial charge in [0.05, 0.1) is 6.10 Å². The van der Waals surface area contributed by atoms with Gasteiger partial charge in [-0.2, -0.15) is 0 Å². The van der Waals surface area contributed by atoms with E-state index >= 15 is 0 Å². The molecule has 1 aromatic carbocycles. The molecular formula is C17H29IN4O. The summed E-state index contributed by atoms with van der Waals surface area (Å²) in [6, 6.07) is 6.18. The summed E-state index contributed by atoms with van der Waals surface area (Å²) in [5.41, 5.74) is 9.42. The molecule has 0 atom stereocenters. The van der Waals surface area contributed by atoms with Gasteiger partial charge >= 0.3 is 0 Å². The fraction of sp³-hybridized carbons (Fsp3) is 0.588. The largest absolute Gasteiger partial charge is 0.393 e. The Morgan fingerprint density at radius 2 is 2.00 bits per heavy atom. The molecule has 0 unspecified atom stereocenters. The lowest BCUT2D eigenvalue weighted by atomic mass is 10.1. The van der Waals surface area contributed by atoms with E-state index in [0.29, 0.717) is 5.96 Å². The summed E-state index contributed by atoms with van der Waals surface area (Å²) in [4.78, 5) is 6.76. The standard InChI is InChI=1S/C17H28N4O.HI/c1-13-4-5-15(12-14(13)2)20-17(18)19-8-3-9-21-10-6-16(22)7-11-21;/h4-5,12,16,22H,3,6-11H2,1-2H3,(H3,18,19,20);1H. The maximum atomic E-state index is 9.47. The van der Waals surface area contributed by atoms with Crippen LogP contribution in [0.4, 0.5) is 5.69 Å². The number of hydrogen-bond donors (Lipinski definition) is 3. The molecule has 0 saturated carbocycles. The van der Waals surface area contributed by atoms with Gasteiger partial charge in [0.1, 0.15) is 0 Å². The quantitative estimate of drug-likeness (QED) is 0.289. The zero-order valence-electron chi connectivity index (χ0n) is 14.1. The van der Waals surface area contributed by atoms with Gasteiger partial charge in [0.2, 0.25) is 0 Å². The number of guanidine groups is 1. The van der Waals surface area contributed by atoms with E-state index in [1.165, 1.54) is 11.1 Å². The minimum Gasteiger partial charge on any atom is -0.393 e. The first kappa shape index (κ1) is 20.2. The van der Waals surface area contributed by atoms with Crippen LogP contribution in [0.1, 0.15) is 30.4 Å². The third-order valence-electron chi connectivity index (χ3n) is 4.25. The maximum absolute atomic E-state index is 9.47. The number of aliphatic imine (C=N–C) groups is 1. The third-order valence-corrected chi connectivity index (χ3v) is 4.25. The van der Waals surface area contributed by atoms with Crippen LogP contribution < -0.4 is 11.1 Å². The SMILES string of the molecule is Cc1ccc(NC(N)=NCCCN2CCC(O)CC2)cc1C.I. The highest BCUT2D eigenvalue weighted by molar-refractivity contribution is 14.0. The molecule has 0 bridgehead atoms. The number of hydrogen-bond acceptors (Lipinski definition) is 3. The number of nitrogens with zero attached hydrogens (tertiary/aromatic N) is 2. The monoisotopic (exact) mass is 432 g/mol. The van der Waals surface area contributed by atoms with Crippen molar-refractivity contribution in [1.82, 2.24) is 4.90 Å². The van der Waals surface area contributed by atoms with Gasteiger partial charge in [-0.1, -0.05) is 6.07 Å². The summed E-state index contributed by atoms with van der Waals surface area (Å²) in [5, 5.41) is 12.6. The summed E-state index contributed by atoms with van der Waals surface area (Å²) in [7, 11) is 0. The Balaban J connectivity index is 0.00000264. The molecule has 130 valence electrons. The zero-order valence-corrected chi connectivity index (χ0v) is 16.4. The first-order valence-electron chi connectivity index (χ1n) is 8.09. The number of aliphatic hydroxyl groups is 1. The number of aryl methyl sites for hydroxylation is 2. The number of nitrogens with one attached hydrogen (secondary N) is 1. The molecule has 1 aliphatic heterocycles. The van der Waals surface area contributed by atoms with Crippen molar-refractivity contribution in [2.24, 2.45) is 10.7 Å². The molecule has 0 amide bonds. The number of aliphatic hydroxyl groups excluding tert-OH is 1. The van der Waals surface area contributed by atoms with Crippen LogP contribution in [0.5, 0.6) is 0 Å². The van der Waals surface area contributed by atoms with E-state index in [1.54, 1.807) is 0 Å². The summed E-state index contributed by atoms with van der Waals surface area (Å²) in [6.07, 6.45) is 2.66. The van der Waals surface area contributed by atoms with Crippen LogP contribution in [0.3, 0.4) is 0 Å². The number of nitrogens with two attached hydrogens (primary N) is 1. The lowest BCUT2D eigenvalue weighted by Gasteiger charge is -2.29. The van der Waals surface area contributed by atoms with Crippen molar-refractivity contribution in [3.8, 4) is 0 Å². The third kappa shape index (κ3) is 7.05. The fourth-order valence-electron chi connectivity index (χ4n) is 2.64. The minimum atomic E-state index is -0.105. The first-order chi connectivity index (χ1) is 10.5. The lowest BCUT2D eigenvalue weighted by Crippen LogP contribution is -2.36. The Morgan fingerprint density at radius 1 is 1.30 bits per heavy atom.